The molecule has 0 saturated carbocycles. The lowest BCUT2D eigenvalue weighted by Gasteiger charge is -2.08. The quantitative estimate of drug-likeness (QED) is 0.576. The van der Waals surface area contributed by atoms with Crippen molar-refractivity contribution in [3.8, 4) is 0 Å². The van der Waals surface area contributed by atoms with Gasteiger partial charge in [0.2, 0.25) is 0 Å². The maximum Gasteiger partial charge on any atom is 0.282 e. The zero-order valence-corrected chi connectivity index (χ0v) is 11.8. The van der Waals surface area contributed by atoms with E-state index in [9.17, 15) is 10.0 Å². The summed E-state index contributed by atoms with van der Waals surface area (Å²) in [6, 6.07) is 19.6. The molecule has 0 unspecified atom stereocenters. The van der Waals surface area contributed by atoms with Crippen molar-refractivity contribution in [3.63, 3.8) is 0 Å². The number of nitrogens with zero attached hydrogens (tertiary/aromatic N) is 2. The Kier molecular flexibility index (Phi) is 2.76. The monoisotopic (exact) mass is 290 g/mol. The second-order valence-electron chi connectivity index (χ2n) is 5.34. The predicted octanol–water partition coefficient (Wildman–Crippen LogP) is 3.24. The van der Waals surface area contributed by atoms with E-state index in [2.05, 4.69) is 28.8 Å². The summed E-state index contributed by atoms with van der Waals surface area (Å²) >= 11 is 0. The molecule has 0 aliphatic rings. The largest absolute Gasteiger partial charge is 0.425 e. The van der Waals surface area contributed by atoms with E-state index in [1.54, 1.807) is 6.07 Å². The van der Waals surface area contributed by atoms with Crippen LogP contribution < -0.4 is 5.56 Å². The third kappa shape index (κ3) is 1.89. The maximum atomic E-state index is 11.3. The van der Waals surface area contributed by atoms with Gasteiger partial charge in [-0.25, -0.2) is 0 Å². The Bertz CT molecular complexity index is 991. The topological polar surface area (TPSA) is 47.2 Å². The molecule has 0 bridgehead atoms. The van der Waals surface area contributed by atoms with E-state index in [0.717, 1.165) is 16.6 Å². The van der Waals surface area contributed by atoms with Gasteiger partial charge in [-0.15, -0.1) is 0 Å². The van der Waals surface area contributed by atoms with E-state index >= 15 is 0 Å². The molecule has 2 heterocycles. The Labute approximate surface area is 126 Å². The molecule has 108 valence electrons. The van der Waals surface area contributed by atoms with Crippen LogP contribution in [-0.4, -0.2) is 14.5 Å². The summed E-state index contributed by atoms with van der Waals surface area (Å²) in [5.74, 6) is 0. The smallest absolute Gasteiger partial charge is 0.282 e. The van der Waals surface area contributed by atoms with Crippen molar-refractivity contribution in [2.24, 2.45) is 0 Å². The van der Waals surface area contributed by atoms with E-state index in [1.165, 1.54) is 23.0 Å². The highest BCUT2D eigenvalue weighted by Crippen LogP contribution is 2.29. The first-order chi connectivity index (χ1) is 10.7. The van der Waals surface area contributed by atoms with Gasteiger partial charge in [0.05, 0.1) is 6.20 Å². The fraction of sp³-hybridized carbons (Fsp3) is 0.0556. The van der Waals surface area contributed by atoms with Gasteiger partial charge >= 0.3 is 0 Å². The van der Waals surface area contributed by atoms with E-state index in [0.29, 0.717) is 11.3 Å². The molecule has 4 rings (SSSR count). The van der Waals surface area contributed by atoms with Crippen LogP contribution in [0.2, 0.25) is 0 Å². The van der Waals surface area contributed by atoms with Gasteiger partial charge in [-0.1, -0.05) is 42.5 Å². The second kappa shape index (κ2) is 4.77. The van der Waals surface area contributed by atoms with Crippen molar-refractivity contribution in [1.29, 1.82) is 0 Å². The number of rotatable bonds is 2. The van der Waals surface area contributed by atoms with Crippen LogP contribution in [0.1, 0.15) is 5.56 Å². The molecule has 0 aliphatic carbocycles. The second-order valence-corrected chi connectivity index (χ2v) is 5.34. The van der Waals surface area contributed by atoms with Crippen LogP contribution in [0, 0.1) is 0 Å². The summed E-state index contributed by atoms with van der Waals surface area (Å²) in [4.78, 5) is 11.3. The maximum absolute atomic E-state index is 11.3. The van der Waals surface area contributed by atoms with Gasteiger partial charge in [0.15, 0.2) is 0 Å². The Morgan fingerprint density at radius 3 is 2.00 bits per heavy atom. The molecule has 0 aliphatic heterocycles. The van der Waals surface area contributed by atoms with Crippen molar-refractivity contribution in [2.75, 3.05) is 0 Å². The van der Waals surface area contributed by atoms with E-state index in [1.807, 2.05) is 24.3 Å². The number of hydrogen-bond acceptors (Lipinski definition) is 2. The van der Waals surface area contributed by atoms with E-state index in [-0.39, 0.29) is 0 Å². The molecule has 0 radical (unpaired) electrons. The average molecular weight is 290 g/mol. The molecule has 0 saturated heterocycles. The van der Waals surface area contributed by atoms with Gasteiger partial charge in [0.25, 0.3) is 5.56 Å². The number of para-hydroxylation sites is 2. The van der Waals surface area contributed by atoms with Gasteiger partial charge in [0.1, 0.15) is 0 Å². The van der Waals surface area contributed by atoms with Crippen LogP contribution >= 0.6 is 0 Å². The molecular weight excluding hydrogens is 276 g/mol. The summed E-state index contributed by atoms with van der Waals surface area (Å²) in [5.41, 5.74) is 2.72. The highest BCUT2D eigenvalue weighted by molar-refractivity contribution is 6.08. The molecule has 1 N–H and O–H groups in total. The number of hydrogen-bond donors (Lipinski definition) is 1. The molecular formula is C18H14N2O2. The molecule has 2 aromatic heterocycles. The van der Waals surface area contributed by atoms with Gasteiger partial charge in [0, 0.05) is 34.4 Å². The molecule has 4 aromatic rings. The number of pyridine rings is 1. The predicted molar refractivity (Wildman–Crippen MR) is 86.4 cm³/mol. The average Bonchev–Trinajstić information content (AvgIpc) is 2.86. The number of benzene rings is 2. The zero-order valence-electron chi connectivity index (χ0n) is 11.8. The fourth-order valence-corrected chi connectivity index (χ4v) is 2.97. The molecule has 22 heavy (non-hydrogen) atoms. The van der Waals surface area contributed by atoms with Gasteiger partial charge in [-0.2, -0.15) is 4.73 Å². The number of aromatic nitrogens is 2. The van der Waals surface area contributed by atoms with Crippen LogP contribution in [-0.2, 0) is 6.54 Å². The normalized spacial score (nSPS) is 11.3. The summed E-state index contributed by atoms with van der Waals surface area (Å²) in [7, 11) is 0. The van der Waals surface area contributed by atoms with E-state index < -0.39 is 5.56 Å². The molecule has 0 amide bonds. The SMILES string of the molecule is O=c1ccc(Cn2c3ccccc3c3ccccc32)cn1O. The lowest BCUT2D eigenvalue weighted by molar-refractivity contribution is 0.174. The third-order valence-corrected chi connectivity index (χ3v) is 3.97. The summed E-state index contributed by atoms with van der Waals surface area (Å²) in [6.07, 6.45) is 1.46. The van der Waals surface area contributed by atoms with Gasteiger partial charge in [-0.05, 0) is 17.7 Å². The van der Waals surface area contributed by atoms with Crippen molar-refractivity contribution < 1.29 is 5.21 Å². The highest BCUT2D eigenvalue weighted by Gasteiger charge is 2.10. The summed E-state index contributed by atoms with van der Waals surface area (Å²) in [5, 5.41) is 12.0. The van der Waals surface area contributed by atoms with Crippen LogP contribution in [0.3, 0.4) is 0 Å². The standard InChI is InChI=1S/C18H14N2O2/c21-18-10-9-13(12-20(18)22)11-19-16-7-3-1-5-14(16)15-6-2-4-8-17(15)19/h1-10,12,22H,11H2. The molecule has 0 atom stereocenters. The zero-order chi connectivity index (χ0) is 15.1. The minimum absolute atomic E-state index is 0.425. The third-order valence-electron chi connectivity index (χ3n) is 3.97. The molecule has 0 fully saturated rings. The lowest BCUT2D eigenvalue weighted by Crippen LogP contribution is -2.16. The first kappa shape index (κ1) is 12.7. The van der Waals surface area contributed by atoms with Crippen LogP contribution in [0.5, 0.6) is 0 Å². The van der Waals surface area contributed by atoms with Crippen molar-refractivity contribution in [2.45, 2.75) is 6.54 Å². The summed E-state index contributed by atoms with van der Waals surface area (Å²) < 4.78 is 2.83. The van der Waals surface area contributed by atoms with Crippen molar-refractivity contribution >= 4 is 21.8 Å². The molecule has 0 spiro atoms. The van der Waals surface area contributed by atoms with Gasteiger partial charge in [-0.3, -0.25) is 4.79 Å². The van der Waals surface area contributed by atoms with E-state index in [4.69, 9.17) is 0 Å². The Hall–Kier alpha value is -3.01. The fourth-order valence-electron chi connectivity index (χ4n) is 2.97. The highest BCUT2D eigenvalue weighted by atomic mass is 16.5. The Morgan fingerprint density at radius 1 is 0.818 bits per heavy atom. The van der Waals surface area contributed by atoms with Crippen LogP contribution in [0.4, 0.5) is 0 Å². The molecule has 4 nitrogen and oxygen atoms in total. The van der Waals surface area contributed by atoms with Crippen LogP contribution in [0.15, 0.2) is 71.7 Å². The van der Waals surface area contributed by atoms with Crippen molar-refractivity contribution in [3.05, 3.63) is 82.8 Å². The molecule has 2 aromatic carbocycles. The van der Waals surface area contributed by atoms with Crippen molar-refractivity contribution in [1.82, 2.24) is 9.30 Å². The number of fused-ring (bicyclic) bond motifs is 3. The van der Waals surface area contributed by atoms with Crippen LogP contribution in [0.25, 0.3) is 21.8 Å². The molecule has 4 heteroatoms. The minimum atomic E-state index is -0.425. The summed E-state index contributed by atoms with van der Waals surface area (Å²) in [6.45, 7) is 0.592. The lowest BCUT2D eigenvalue weighted by atomic mass is 10.2. The van der Waals surface area contributed by atoms with Gasteiger partial charge < -0.3 is 9.77 Å². The Balaban J connectivity index is 1.96. The first-order valence-corrected chi connectivity index (χ1v) is 7.11. The minimum Gasteiger partial charge on any atom is -0.425 e. The first-order valence-electron chi connectivity index (χ1n) is 7.11. The Morgan fingerprint density at radius 2 is 1.41 bits per heavy atom.